The minimum atomic E-state index is 0.394. The van der Waals surface area contributed by atoms with Crippen LogP contribution < -0.4 is 4.90 Å². The number of hydrogen-bond donors (Lipinski definition) is 0. The van der Waals surface area contributed by atoms with Gasteiger partial charge in [0, 0.05) is 36.8 Å². The number of anilines is 1. The highest BCUT2D eigenvalue weighted by Gasteiger charge is 2.26. The van der Waals surface area contributed by atoms with Crippen LogP contribution in [0.4, 0.5) is 5.82 Å². The summed E-state index contributed by atoms with van der Waals surface area (Å²) in [7, 11) is 0. The Hall–Kier alpha value is -2.51. The van der Waals surface area contributed by atoms with E-state index >= 15 is 0 Å². The van der Waals surface area contributed by atoms with E-state index in [1.54, 1.807) is 6.33 Å². The highest BCUT2D eigenvalue weighted by Crippen LogP contribution is 2.30. The van der Waals surface area contributed by atoms with E-state index in [1.807, 2.05) is 17.8 Å². The van der Waals surface area contributed by atoms with Crippen molar-refractivity contribution in [2.75, 3.05) is 18.0 Å². The summed E-state index contributed by atoms with van der Waals surface area (Å²) >= 11 is 0. The molecule has 1 aliphatic rings. The largest absolute Gasteiger partial charge is 0.356 e. The van der Waals surface area contributed by atoms with Gasteiger partial charge in [-0.05, 0) is 33.6 Å². The molecule has 1 fully saturated rings. The fraction of sp³-hybridized carbons (Fsp3) is 0.562. The molecule has 0 saturated carbocycles. The van der Waals surface area contributed by atoms with E-state index in [0.717, 1.165) is 43.3 Å². The standard InChI is InChI=1S/C16H22N8/c1-11(2)23-10-18-21-15(23)13-4-6-22(7-5-13)14-8-12(3)20-16-17-9-19-24(14)16/h8-11,13H,4-7H2,1-3H3. The molecule has 0 spiro atoms. The van der Waals surface area contributed by atoms with Gasteiger partial charge in [-0.1, -0.05) is 0 Å². The summed E-state index contributed by atoms with van der Waals surface area (Å²) in [6.07, 6.45) is 5.52. The Bertz CT molecular complexity index is 841. The second-order valence-corrected chi connectivity index (χ2v) is 6.68. The molecule has 0 radical (unpaired) electrons. The molecule has 3 aromatic rings. The Balaban J connectivity index is 1.55. The number of nitrogens with zero attached hydrogens (tertiary/aromatic N) is 8. The van der Waals surface area contributed by atoms with Gasteiger partial charge in [0.2, 0.25) is 0 Å². The topological polar surface area (TPSA) is 77.0 Å². The summed E-state index contributed by atoms with van der Waals surface area (Å²) in [5.41, 5.74) is 0.965. The zero-order valence-electron chi connectivity index (χ0n) is 14.3. The Kier molecular flexibility index (Phi) is 3.66. The molecule has 8 nitrogen and oxygen atoms in total. The molecular formula is C16H22N8. The zero-order valence-corrected chi connectivity index (χ0v) is 14.3. The average molecular weight is 326 g/mol. The van der Waals surface area contributed by atoms with Crippen LogP contribution in [0.3, 0.4) is 0 Å². The molecule has 0 aliphatic carbocycles. The predicted molar refractivity (Wildman–Crippen MR) is 90.1 cm³/mol. The molecule has 0 aromatic carbocycles. The van der Waals surface area contributed by atoms with Crippen LogP contribution in [-0.2, 0) is 0 Å². The van der Waals surface area contributed by atoms with Crippen molar-refractivity contribution in [3.05, 3.63) is 30.2 Å². The van der Waals surface area contributed by atoms with Crippen molar-refractivity contribution in [1.82, 2.24) is 34.3 Å². The summed E-state index contributed by atoms with van der Waals surface area (Å²) in [5.74, 6) is 3.30. The van der Waals surface area contributed by atoms with Gasteiger partial charge < -0.3 is 9.47 Å². The highest BCUT2D eigenvalue weighted by atomic mass is 15.4. The number of rotatable bonds is 3. The van der Waals surface area contributed by atoms with Crippen molar-refractivity contribution >= 4 is 11.6 Å². The Morgan fingerprint density at radius 2 is 2.00 bits per heavy atom. The third-order valence-corrected chi connectivity index (χ3v) is 4.70. The van der Waals surface area contributed by atoms with Crippen molar-refractivity contribution in [3.63, 3.8) is 0 Å². The van der Waals surface area contributed by atoms with E-state index in [9.17, 15) is 0 Å². The van der Waals surface area contributed by atoms with Crippen LogP contribution in [0, 0.1) is 6.92 Å². The second kappa shape index (κ2) is 5.85. The highest BCUT2D eigenvalue weighted by molar-refractivity contribution is 5.47. The maximum absolute atomic E-state index is 4.42. The van der Waals surface area contributed by atoms with Gasteiger partial charge in [0.1, 0.15) is 24.3 Å². The van der Waals surface area contributed by atoms with Gasteiger partial charge in [0.05, 0.1) is 0 Å². The molecule has 0 N–H and O–H groups in total. The first kappa shape index (κ1) is 15.0. The van der Waals surface area contributed by atoms with Crippen LogP contribution in [0.5, 0.6) is 0 Å². The van der Waals surface area contributed by atoms with Crippen molar-refractivity contribution in [2.45, 2.75) is 45.6 Å². The third-order valence-electron chi connectivity index (χ3n) is 4.70. The molecule has 3 aromatic heterocycles. The van der Waals surface area contributed by atoms with Gasteiger partial charge >= 0.3 is 0 Å². The van der Waals surface area contributed by atoms with Gasteiger partial charge in [-0.25, -0.2) is 4.98 Å². The van der Waals surface area contributed by atoms with Crippen molar-refractivity contribution in [2.24, 2.45) is 0 Å². The fourth-order valence-corrected chi connectivity index (χ4v) is 3.45. The number of piperidine rings is 1. The third kappa shape index (κ3) is 2.51. The number of fused-ring (bicyclic) bond motifs is 1. The van der Waals surface area contributed by atoms with Crippen molar-refractivity contribution in [1.29, 1.82) is 0 Å². The number of aromatic nitrogens is 7. The van der Waals surface area contributed by atoms with Crippen molar-refractivity contribution < 1.29 is 0 Å². The zero-order chi connectivity index (χ0) is 16.7. The summed E-state index contributed by atoms with van der Waals surface area (Å²) in [4.78, 5) is 11.0. The first-order valence-electron chi connectivity index (χ1n) is 8.45. The molecular weight excluding hydrogens is 304 g/mol. The average Bonchev–Trinajstić information content (AvgIpc) is 3.23. The SMILES string of the molecule is Cc1cc(N2CCC(c3nncn3C(C)C)CC2)n2ncnc2n1. The van der Waals surface area contributed by atoms with Crippen LogP contribution in [-0.4, -0.2) is 47.4 Å². The maximum Gasteiger partial charge on any atom is 0.254 e. The van der Waals surface area contributed by atoms with Crippen LogP contribution in [0.1, 0.15) is 50.2 Å². The summed E-state index contributed by atoms with van der Waals surface area (Å²) in [5, 5.41) is 12.8. The van der Waals surface area contributed by atoms with Crippen LogP contribution in [0.15, 0.2) is 18.7 Å². The lowest BCUT2D eigenvalue weighted by Crippen LogP contribution is -2.35. The van der Waals surface area contributed by atoms with Gasteiger partial charge in [-0.2, -0.15) is 14.6 Å². The number of hydrogen-bond acceptors (Lipinski definition) is 6. The molecule has 1 saturated heterocycles. The Morgan fingerprint density at radius 3 is 2.75 bits per heavy atom. The lowest BCUT2D eigenvalue weighted by atomic mass is 9.95. The smallest absolute Gasteiger partial charge is 0.254 e. The molecule has 0 amide bonds. The molecule has 4 rings (SSSR count). The summed E-state index contributed by atoms with van der Waals surface area (Å²) < 4.78 is 4.01. The lowest BCUT2D eigenvalue weighted by Gasteiger charge is -2.33. The van der Waals surface area contributed by atoms with Crippen LogP contribution >= 0.6 is 0 Å². The second-order valence-electron chi connectivity index (χ2n) is 6.68. The Labute approximate surface area is 140 Å². The molecule has 24 heavy (non-hydrogen) atoms. The molecule has 8 heteroatoms. The molecule has 4 heterocycles. The van der Waals surface area contributed by atoms with E-state index in [1.165, 1.54) is 0 Å². The van der Waals surface area contributed by atoms with Gasteiger partial charge in [-0.3, -0.25) is 0 Å². The normalized spacial score (nSPS) is 16.4. The minimum Gasteiger partial charge on any atom is -0.356 e. The minimum absolute atomic E-state index is 0.394. The molecule has 0 atom stereocenters. The van der Waals surface area contributed by atoms with Crippen LogP contribution in [0.2, 0.25) is 0 Å². The van der Waals surface area contributed by atoms with Crippen molar-refractivity contribution in [3.8, 4) is 0 Å². The van der Waals surface area contributed by atoms with E-state index in [-0.39, 0.29) is 0 Å². The van der Waals surface area contributed by atoms with E-state index in [0.29, 0.717) is 17.7 Å². The lowest BCUT2D eigenvalue weighted by molar-refractivity contribution is 0.446. The monoisotopic (exact) mass is 326 g/mol. The quantitative estimate of drug-likeness (QED) is 0.732. The predicted octanol–water partition coefficient (Wildman–Crippen LogP) is 1.99. The van der Waals surface area contributed by atoms with Gasteiger partial charge in [0.15, 0.2) is 0 Å². The fourth-order valence-electron chi connectivity index (χ4n) is 3.45. The molecule has 1 aliphatic heterocycles. The first-order chi connectivity index (χ1) is 11.6. The maximum atomic E-state index is 4.42. The molecule has 0 bridgehead atoms. The van der Waals surface area contributed by atoms with E-state index in [4.69, 9.17) is 0 Å². The first-order valence-corrected chi connectivity index (χ1v) is 8.45. The van der Waals surface area contributed by atoms with Crippen LogP contribution in [0.25, 0.3) is 5.78 Å². The van der Waals surface area contributed by atoms with E-state index in [2.05, 4.69) is 54.6 Å². The van der Waals surface area contributed by atoms with E-state index < -0.39 is 0 Å². The number of aryl methyl sites for hydroxylation is 1. The van der Waals surface area contributed by atoms with Gasteiger partial charge in [0.25, 0.3) is 5.78 Å². The summed E-state index contributed by atoms with van der Waals surface area (Å²) in [6, 6.07) is 2.48. The molecule has 0 unspecified atom stereocenters. The summed E-state index contributed by atoms with van der Waals surface area (Å²) in [6.45, 7) is 8.27. The Morgan fingerprint density at radius 1 is 1.21 bits per heavy atom. The van der Waals surface area contributed by atoms with Gasteiger partial charge in [-0.15, -0.1) is 10.2 Å². The molecule has 126 valence electrons.